The molecule has 0 amide bonds. The number of hydrogen-bond acceptors (Lipinski definition) is 17. The molecular weight excluding hydrogens is 1130 g/mol. The third-order valence-electron chi connectivity index (χ3n) is 13.9. The average Bonchev–Trinajstić information content (AvgIpc) is 1.97. The van der Waals surface area contributed by atoms with E-state index in [0.29, 0.717) is 34.7 Å². The predicted octanol–water partition coefficient (Wildman–Crippen LogP) is 13.7. The van der Waals surface area contributed by atoms with E-state index in [-0.39, 0.29) is 27.6 Å². The van der Waals surface area contributed by atoms with E-state index >= 15 is 0 Å². The summed E-state index contributed by atoms with van der Waals surface area (Å²) in [6, 6.07) is 33.1. The van der Waals surface area contributed by atoms with Crippen molar-refractivity contribution in [2.75, 3.05) is 4.90 Å². The lowest BCUT2D eigenvalue weighted by Crippen LogP contribution is -2.15. The van der Waals surface area contributed by atoms with E-state index in [2.05, 4.69) is 177 Å². The van der Waals surface area contributed by atoms with E-state index in [1.54, 1.807) is 42.1 Å². The fourth-order valence-electron chi connectivity index (χ4n) is 9.52. The largest absolute Gasteiger partial charge is 0.432 e. The van der Waals surface area contributed by atoms with Crippen LogP contribution in [0.25, 0.3) is 78.9 Å². The van der Waals surface area contributed by atoms with Crippen molar-refractivity contribution in [1.29, 1.82) is 0 Å². The summed E-state index contributed by atoms with van der Waals surface area (Å²) in [5.74, 6) is 2.12. The van der Waals surface area contributed by atoms with Gasteiger partial charge >= 0.3 is 6.18 Å². The Labute approximate surface area is 510 Å². The van der Waals surface area contributed by atoms with Crippen LogP contribution in [-0.2, 0) is 22.4 Å². The molecule has 5 N–H and O–H groups in total. The van der Waals surface area contributed by atoms with Crippen molar-refractivity contribution in [2.24, 2.45) is 0 Å². The van der Waals surface area contributed by atoms with Crippen molar-refractivity contribution in [2.45, 2.75) is 106 Å². The van der Waals surface area contributed by atoms with Crippen molar-refractivity contribution in [3.63, 3.8) is 0 Å². The third-order valence-corrected chi connectivity index (χ3v) is 13.9. The van der Waals surface area contributed by atoms with E-state index in [4.69, 9.17) is 0 Å². The van der Waals surface area contributed by atoms with Crippen molar-refractivity contribution >= 4 is 39.3 Å². The Morgan fingerprint density at radius 2 is 0.966 bits per heavy atom. The van der Waals surface area contributed by atoms with Gasteiger partial charge in [0.15, 0.2) is 5.82 Å². The molecule has 0 aliphatic carbocycles. The minimum absolute atomic E-state index is 0.0295. The molecule has 0 aliphatic heterocycles. The molecule has 0 aliphatic rings. The summed E-state index contributed by atoms with van der Waals surface area (Å²) in [5.41, 5.74) is 13.0. The monoisotopic (exact) mass is 1200 g/mol. The number of anilines is 3. The topological polar surface area (TPSA) is 288 Å². The number of halogens is 3. The van der Waals surface area contributed by atoms with Crippen LogP contribution in [0, 0.1) is 20.8 Å². The van der Waals surface area contributed by atoms with Crippen LogP contribution in [0.3, 0.4) is 0 Å². The highest BCUT2D eigenvalue weighted by Gasteiger charge is 2.34. The molecule has 0 unspecified atom stereocenters. The summed E-state index contributed by atoms with van der Waals surface area (Å²) < 4.78 is 39.0. The maximum absolute atomic E-state index is 13.0. The van der Waals surface area contributed by atoms with E-state index in [9.17, 15) is 13.2 Å². The molecule has 10 aromatic heterocycles. The van der Waals surface area contributed by atoms with Gasteiger partial charge in [0.25, 0.3) is 0 Å². The van der Waals surface area contributed by atoms with E-state index < -0.39 is 11.9 Å². The second-order valence-corrected chi connectivity index (χ2v) is 23.8. The molecular formula is C64H65F3N22. The first-order valence-electron chi connectivity index (χ1n) is 28.3. The van der Waals surface area contributed by atoms with Gasteiger partial charge in [-0.1, -0.05) is 117 Å². The number of hydrogen-bond donors (Lipinski definition) is 5. The smallest absolute Gasteiger partial charge is 0.282 e. The highest BCUT2D eigenvalue weighted by molar-refractivity contribution is 5.93. The quantitative estimate of drug-likeness (QED) is 0.0945. The van der Waals surface area contributed by atoms with Gasteiger partial charge in [-0.2, -0.15) is 38.7 Å². The van der Waals surface area contributed by atoms with Crippen LogP contribution in [0.15, 0.2) is 147 Å². The molecule has 0 saturated heterocycles. The van der Waals surface area contributed by atoms with Crippen molar-refractivity contribution in [3.05, 3.63) is 187 Å². The van der Waals surface area contributed by atoms with Crippen LogP contribution in [0.1, 0.15) is 102 Å². The standard InChI is InChI=1S/C22H16F3N9.2C16H18N4.C10H13N5/c1-13-9-17(31-30-13)15-7-8-26-21(29-15)34(14-5-3-2-4-6-14)20-11-16(27-12-28-20)18-10-19(33-32-18)22(23,24)25;2*1-10-13(19-20-15(10)16(2,3)4)14-11-7-5-6-8-12(11)17-9-18-14;1-10(2,3)9-13-8(14-15-9)7-4-5-11-6-12-7/h2-12H,1H3,(H,30,31)(H,32,33);2*5-9H,1-4H3,(H,19,20);4-6H,1-3H3,(H,13,14,15). The van der Waals surface area contributed by atoms with Gasteiger partial charge in [-0.05, 0) is 69.3 Å². The number of rotatable bonds is 8. The molecule has 25 heteroatoms. The molecule has 13 rings (SSSR count). The highest BCUT2D eigenvalue weighted by atomic mass is 19.4. The van der Waals surface area contributed by atoms with E-state index in [0.717, 1.165) is 90.4 Å². The molecule has 0 spiro atoms. The number of alkyl halides is 3. The maximum Gasteiger partial charge on any atom is 0.432 e. The van der Waals surface area contributed by atoms with Crippen LogP contribution in [0.4, 0.5) is 30.6 Å². The molecule has 0 saturated carbocycles. The number of fused-ring (bicyclic) bond motifs is 2. The molecule has 10 heterocycles. The summed E-state index contributed by atoms with van der Waals surface area (Å²) in [4.78, 5) is 49.0. The van der Waals surface area contributed by atoms with Crippen LogP contribution in [0.2, 0.25) is 0 Å². The van der Waals surface area contributed by atoms with Crippen LogP contribution < -0.4 is 4.90 Å². The number of H-pyrrole nitrogens is 5. The molecule has 22 nitrogen and oxygen atoms in total. The number of para-hydroxylation sites is 3. The Morgan fingerprint density at radius 1 is 0.416 bits per heavy atom. The number of nitrogens with zero attached hydrogens (tertiary/aromatic N) is 17. The van der Waals surface area contributed by atoms with Crippen molar-refractivity contribution < 1.29 is 13.2 Å². The second kappa shape index (κ2) is 25.2. The number of nitrogens with one attached hydrogen (secondary N) is 5. The normalized spacial score (nSPS) is 11.8. The van der Waals surface area contributed by atoms with Gasteiger partial charge in [0.1, 0.15) is 82.5 Å². The van der Waals surface area contributed by atoms with E-state index in [1.807, 2.05) is 97.0 Å². The van der Waals surface area contributed by atoms with Crippen LogP contribution >= 0.6 is 0 Å². The second-order valence-electron chi connectivity index (χ2n) is 23.8. The van der Waals surface area contributed by atoms with E-state index in [1.165, 1.54) is 18.7 Å². The highest BCUT2D eigenvalue weighted by Crippen LogP contribution is 2.37. The molecule has 0 bridgehead atoms. The summed E-state index contributed by atoms with van der Waals surface area (Å²) in [6.45, 7) is 25.4. The van der Waals surface area contributed by atoms with Gasteiger partial charge in [-0.15, -0.1) is 0 Å². The number of aryl methyl sites for hydroxylation is 1. The van der Waals surface area contributed by atoms with Gasteiger partial charge in [0, 0.05) is 73.7 Å². The fourth-order valence-corrected chi connectivity index (χ4v) is 9.52. The predicted molar refractivity (Wildman–Crippen MR) is 334 cm³/mol. The Hall–Kier alpha value is -10.9. The van der Waals surface area contributed by atoms with Gasteiger partial charge in [0.05, 0.1) is 28.1 Å². The minimum Gasteiger partial charge on any atom is -0.282 e. The summed E-state index contributed by atoms with van der Waals surface area (Å²) in [6.07, 6.45) is 4.67. The maximum atomic E-state index is 13.0. The first kappa shape index (κ1) is 61.2. The lowest BCUT2D eigenvalue weighted by Gasteiger charge is -2.22. The fraction of sp³-hybridized carbons (Fsp3) is 0.250. The molecule has 13 aromatic rings. The molecule has 3 aromatic carbocycles. The Bertz CT molecular complexity index is 4360. The summed E-state index contributed by atoms with van der Waals surface area (Å²) >= 11 is 0. The van der Waals surface area contributed by atoms with Crippen LogP contribution in [-0.4, -0.2) is 106 Å². The lowest BCUT2D eigenvalue weighted by molar-refractivity contribution is -0.141. The average molecular weight is 1200 g/mol. The first-order valence-corrected chi connectivity index (χ1v) is 28.3. The summed E-state index contributed by atoms with van der Waals surface area (Å²) in [7, 11) is 0. The van der Waals surface area contributed by atoms with Crippen LogP contribution in [0.5, 0.6) is 0 Å². The Balaban J connectivity index is 0.000000138. The molecule has 452 valence electrons. The lowest BCUT2D eigenvalue weighted by atomic mass is 9.89. The van der Waals surface area contributed by atoms with Crippen molar-refractivity contribution in [1.82, 2.24) is 106 Å². The molecule has 0 fully saturated rings. The Morgan fingerprint density at radius 3 is 1.48 bits per heavy atom. The zero-order valence-corrected chi connectivity index (χ0v) is 51.1. The third kappa shape index (κ3) is 14.0. The minimum atomic E-state index is -4.55. The van der Waals surface area contributed by atoms with Gasteiger partial charge in [-0.25, -0.2) is 54.8 Å². The van der Waals surface area contributed by atoms with Gasteiger partial charge in [-0.3, -0.25) is 30.4 Å². The van der Waals surface area contributed by atoms with Gasteiger partial charge < -0.3 is 0 Å². The number of aromatic amines is 5. The molecule has 89 heavy (non-hydrogen) atoms. The molecule has 0 radical (unpaired) electrons. The van der Waals surface area contributed by atoms with Gasteiger partial charge in [0.2, 0.25) is 5.95 Å². The number of aromatic nitrogens is 21. The van der Waals surface area contributed by atoms with Crippen molar-refractivity contribution in [3.8, 4) is 57.1 Å². The Kier molecular flexibility index (Phi) is 17.4. The first-order chi connectivity index (χ1) is 42.4. The number of benzene rings is 3. The zero-order valence-electron chi connectivity index (χ0n) is 51.1. The molecule has 0 atom stereocenters. The summed E-state index contributed by atoms with van der Waals surface area (Å²) in [5, 5.41) is 37.3. The zero-order chi connectivity index (χ0) is 63.3. The SMILES string of the molecule is CC(C)(C)c1nc(-c2ccncn2)n[nH]1.Cc1c(-c2ncnc3ccccc23)n[nH]c1C(C)(C)C.Cc1c(-c2ncnc3ccccc23)n[nH]c1C(C)(C)C.Cc1cc(-c2ccnc(N(c3ccccc3)c3cc(-c4cc(C(F)(F)F)[nH]n4)ncn3)n2)n[nH]1.